The molecule has 31 heavy (non-hydrogen) atoms. The van der Waals surface area contributed by atoms with Gasteiger partial charge in [-0.1, -0.05) is 97.1 Å². The molecular formula is C27H24N2OS. The summed E-state index contributed by atoms with van der Waals surface area (Å²) in [5.41, 5.74) is 4.18. The zero-order valence-electron chi connectivity index (χ0n) is 17.2. The van der Waals surface area contributed by atoms with Crippen LogP contribution in [0.4, 0.5) is 5.13 Å². The molecule has 0 fully saturated rings. The molecule has 4 heteroatoms. The highest BCUT2D eigenvalue weighted by molar-refractivity contribution is 7.14. The quantitative estimate of drug-likeness (QED) is 0.300. The first kappa shape index (κ1) is 20.8. The van der Waals surface area contributed by atoms with Gasteiger partial charge in [0.1, 0.15) is 0 Å². The summed E-state index contributed by atoms with van der Waals surface area (Å²) >= 11 is 1.49. The van der Waals surface area contributed by atoms with Crippen LogP contribution in [0, 0.1) is 0 Å². The zero-order valence-corrected chi connectivity index (χ0v) is 18.0. The molecule has 0 aliphatic heterocycles. The van der Waals surface area contributed by atoms with Gasteiger partial charge in [0.15, 0.2) is 5.13 Å². The van der Waals surface area contributed by atoms with E-state index >= 15 is 0 Å². The zero-order chi connectivity index (χ0) is 21.5. The van der Waals surface area contributed by atoms with Crippen molar-refractivity contribution in [2.24, 2.45) is 0 Å². The summed E-state index contributed by atoms with van der Waals surface area (Å²) in [6.07, 6.45) is 2.11. The fraction of sp³-hybridized carbons (Fsp3) is 0.111. The summed E-state index contributed by atoms with van der Waals surface area (Å²) < 4.78 is 0. The van der Waals surface area contributed by atoms with Crippen molar-refractivity contribution in [3.63, 3.8) is 0 Å². The fourth-order valence-corrected chi connectivity index (χ4v) is 4.49. The summed E-state index contributed by atoms with van der Waals surface area (Å²) in [4.78, 5) is 20.0. The van der Waals surface area contributed by atoms with Crippen LogP contribution in [0.5, 0.6) is 0 Å². The van der Waals surface area contributed by atoms with E-state index in [-0.39, 0.29) is 11.8 Å². The van der Waals surface area contributed by atoms with Crippen LogP contribution < -0.4 is 4.90 Å². The molecule has 0 aliphatic rings. The standard InChI is InChI=1S/C27H24N2OS/c1-2-18-29(27-28-25(20-31-27)23-16-10-5-11-17-23)26(30)19-24(21-12-6-3-7-13-21)22-14-8-4-9-15-22/h2-17,20,24H,1,18-19H2. The van der Waals surface area contributed by atoms with Gasteiger partial charge in [0.25, 0.3) is 0 Å². The number of amides is 1. The lowest BCUT2D eigenvalue weighted by Crippen LogP contribution is -2.32. The number of hydrogen-bond acceptors (Lipinski definition) is 3. The van der Waals surface area contributed by atoms with Crippen molar-refractivity contribution in [3.8, 4) is 11.3 Å². The Morgan fingerprint density at radius 2 is 1.45 bits per heavy atom. The maximum absolute atomic E-state index is 13.5. The predicted molar refractivity (Wildman–Crippen MR) is 129 cm³/mol. The molecule has 3 aromatic carbocycles. The molecule has 1 heterocycles. The number of benzene rings is 3. The third kappa shape index (κ3) is 4.98. The van der Waals surface area contributed by atoms with E-state index in [1.54, 1.807) is 11.0 Å². The van der Waals surface area contributed by atoms with Crippen LogP contribution in [0.1, 0.15) is 23.5 Å². The molecule has 0 aliphatic carbocycles. The molecule has 1 aromatic heterocycles. The van der Waals surface area contributed by atoms with Crippen molar-refractivity contribution in [2.45, 2.75) is 12.3 Å². The molecule has 0 atom stereocenters. The van der Waals surface area contributed by atoms with Gasteiger partial charge >= 0.3 is 0 Å². The summed E-state index contributed by atoms with van der Waals surface area (Å²) in [5.74, 6) is 0.0161. The lowest BCUT2D eigenvalue weighted by Gasteiger charge is -2.23. The van der Waals surface area contributed by atoms with Gasteiger partial charge in [-0.25, -0.2) is 4.98 Å². The number of aromatic nitrogens is 1. The van der Waals surface area contributed by atoms with Gasteiger partial charge in [0, 0.05) is 29.8 Å². The van der Waals surface area contributed by atoms with Gasteiger partial charge in [-0.15, -0.1) is 17.9 Å². The first-order valence-electron chi connectivity index (χ1n) is 10.3. The Labute approximate surface area is 187 Å². The van der Waals surface area contributed by atoms with E-state index in [9.17, 15) is 4.79 Å². The Hall–Kier alpha value is -3.50. The Bertz CT molecular complexity index is 1080. The van der Waals surface area contributed by atoms with Crippen LogP contribution in [0.25, 0.3) is 11.3 Å². The van der Waals surface area contributed by atoms with E-state index < -0.39 is 0 Å². The highest BCUT2D eigenvalue weighted by Crippen LogP contribution is 2.32. The highest BCUT2D eigenvalue weighted by atomic mass is 32.1. The van der Waals surface area contributed by atoms with Gasteiger partial charge in [-0.2, -0.15) is 0 Å². The number of rotatable bonds is 8. The third-order valence-corrected chi connectivity index (χ3v) is 6.05. The van der Waals surface area contributed by atoms with Gasteiger partial charge in [-0.3, -0.25) is 9.69 Å². The van der Waals surface area contributed by atoms with E-state index in [1.807, 2.05) is 72.1 Å². The fourth-order valence-electron chi connectivity index (χ4n) is 3.63. The second kappa shape index (κ2) is 10.0. The lowest BCUT2D eigenvalue weighted by atomic mass is 9.88. The second-order valence-electron chi connectivity index (χ2n) is 7.25. The van der Waals surface area contributed by atoms with Crippen molar-refractivity contribution in [1.82, 2.24) is 4.98 Å². The second-order valence-corrected chi connectivity index (χ2v) is 8.09. The number of carbonyl (C=O) groups excluding carboxylic acids is 1. The van der Waals surface area contributed by atoms with Crippen molar-refractivity contribution >= 4 is 22.4 Å². The van der Waals surface area contributed by atoms with Crippen molar-refractivity contribution in [2.75, 3.05) is 11.4 Å². The topological polar surface area (TPSA) is 33.2 Å². The van der Waals surface area contributed by atoms with Crippen LogP contribution in [0.3, 0.4) is 0 Å². The molecule has 0 saturated heterocycles. The lowest BCUT2D eigenvalue weighted by molar-refractivity contribution is -0.118. The maximum Gasteiger partial charge on any atom is 0.230 e. The minimum atomic E-state index is -0.0178. The van der Waals surface area contributed by atoms with Crippen molar-refractivity contribution in [1.29, 1.82) is 0 Å². The highest BCUT2D eigenvalue weighted by Gasteiger charge is 2.24. The number of hydrogen-bond donors (Lipinski definition) is 0. The SMILES string of the molecule is C=CCN(C(=O)CC(c1ccccc1)c1ccccc1)c1nc(-c2ccccc2)cs1. The summed E-state index contributed by atoms with van der Waals surface area (Å²) in [6.45, 7) is 4.28. The minimum Gasteiger partial charge on any atom is -0.284 e. The summed E-state index contributed by atoms with van der Waals surface area (Å²) in [5, 5.41) is 2.70. The molecule has 0 radical (unpaired) electrons. The number of nitrogens with zero attached hydrogens (tertiary/aromatic N) is 2. The molecule has 154 valence electrons. The third-order valence-electron chi connectivity index (χ3n) is 5.19. The predicted octanol–water partition coefficient (Wildman–Crippen LogP) is 6.55. The van der Waals surface area contributed by atoms with E-state index in [2.05, 4.69) is 30.8 Å². The van der Waals surface area contributed by atoms with E-state index in [1.165, 1.54) is 11.3 Å². The molecule has 4 aromatic rings. The number of carbonyl (C=O) groups is 1. The van der Waals surface area contributed by atoms with Crippen LogP contribution >= 0.6 is 11.3 Å². The monoisotopic (exact) mass is 424 g/mol. The molecular weight excluding hydrogens is 400 g/mol. The molecule has 0 saturated carbocycles. The normalized spacial score (nSPS) is 10.7. The van der Waals surface area contributed by atoms with Crippen LogP contribution in [0.15, 0.2) is 109 Å². The molecule has 1 amide bonds. The van der Waals surface area contributed by atoms with Crippen LogP contribution in [0.2, 0.25) is 0 Å². The van der Waals surface area contributed by atoms with Gasteiger partial charge in [0.05, 0.1) is 5.69 Å². The molecule has 3 nitrogen and oxygen atoms in total. The largest absolute Gasteiger partial charge is 0.284 e. The van der Waals surface area contributed by atoms with Gasteiger partial charge in [0.2, 0.25) is 5.91 Å². The van der Waals surface area contributed by atoms with E-state index in [0.29, 0.717) is 18.1 Å². The molecule has 0 N–H and O–H groups in total. The van der Waals surface area contributed by atoms with E-state index in [4.69, 9.17) is 4.98 Å². The van der Waals surface area contributed by atoms with Gasteiger partial charge < -0.3 is 0 Å². The first-order chi connectivity index (χ1) is 15.3. The molecule has 4 rings (SSSR count). The average Bonchev–Trinajstić information content (AvgIpc) is 3.32. The first-order valence-corrected chi connectivity index (χ1v) is 11.2. The van der Waals surface area contributed by atoms with Crippen molar-refractivity contribution < 1.29 is 4.79 Å². The molecule has 0 spiro atoms. The Balaban J connectivity index is 1.62. The Morgan fingerprint density at radius 1 is 0.903 bits per heavy atom. The maximum atomic E-state index is 13.5. The Kier molecular flexibility index (Phi) is 6.70. The van der Waals surface area contributed by atoms with Crippen LogP contribution in [-0.4, -0.2) is 17.4 Å². The van der Waals surface area contributed by atoms with Crippen molar-refractivity contribution in [3.05, 3.63) is 120 Å². The average molecular weight is 425 g/mol. The summed E-state index contributed by atoms with van der Waals surface area (Å²) in [6, 6.07) is 30.4. The minimum absolute atomic E-state index is 0.0178. The van der Waals surface area contributed by atoms with E-state index in [0.717, 1.165) is 22.4 Å². The van der Waals surface area contributed by atoms with Gasteiger partial charge in [-0.05, 0) is 11.1 Å². The smallest absolute Gasteiger partial charge is 0.230 e. The Morgan fingerprint density at radius 3 is 2.00 bits per heavy atom. The number of anilines is 1. The van der Waals surface area contributed by atoms with Crippen LogP contribution in [-0.2, 0) is 4.79 Å². The summed E-state index contributed by atoms with van der Waals surface area (Å²) in [7, 11) is 0. The molecule has 0 unspecified atom stereocenters. The number of thiazole rings is 1. The molecule has 0 bridgehead atoms.